The normalized spacial score (nSPS) is 17.1. The maximum absolute atomic E-state index is 13.5. The first-order valence-electron chi connectivity index (χ1n) is 10.1. The van der Waals surface area contributed by atoms with Gasteiger partial charge in [0.15, 0.2) is 16.9 Å². The Morgan fingerprint density at radius 2 is 1.90 bits per heavy atom. The quantitative estimate of drug-likeness (QED) is 0.602. The lowest BCUT2D eigenvalue weighted by atomic mass is 9.98. The second-order valence-electron chi connectivity index (χ2n) is 7.99. The van der Waals surface area contributed by atoms with Gasteiger partial charge in [-0.25, -0.2) is 0 Å². The fraction of sp³-hybridized carbons (Fsp3) is 0.304. The molecular formula is C23H21ClN2O5. The third-order valence-electron chi connectivity index (χ3n) is 5.64. The average Bonchev–Trinajstić information content (AvgIpc) is 3.31. The number of hydrogen-bond acceptors (Lipinski definition) is 6. The Morgan fingerprint density at radius 1 is 1.10 bits per heavy atom. The maximum atomic E-state index is 13.5. The van der Waals surface area contributed by atoms with E-state index in [0.29, 0.717) is 39.6 Å². The number of ether oxygens (including phenoxy) is 2. The minimum atomic E-state index is -0.571. The first kappa shape index (κ1) is 19.9. The number of carbonyl (C=O) groups excluding carboxylic acids is 1. The molecule has 5 rings (SSSR count). The van der Waals surface area contributed by atoms with E-state index < -0.39 is 6.04 Å². The molecule has 2 aliphatic heterocycles. The van der Waals surface area contributed by atoms with Gasteiger partial charge in [0.2, 0.25) is 12.6 Å². The van der Waals surface area contributed by atoms with Crippen molar-refractivity contribution >= 4 is 28.5 Å². The smallest absolute Gasteiger partial charge is 0.290 e. The summed E-state index contributed by atoms with van der Waals surface area (Å²) in [5.41, 5.74) is 1.21. The average molecular weight is 441 g/mol. The van der Waals surface area contributed by atoms with Gasteiger partial charge in [0.05, 0.1) is 17.0 Å². The minimum absolute atomic E-state index is 0.0901. The summed E-state index contributed by atoms with van der Waals surface area (Å²) in [5, 5.41) is 0.798. The predicted molar refractivity (Wildman–Crippen MR) is 116 cm³/mol. The van der Waals surface area contributed by atoms with E-state index >= 15 is 0 Å². The van der Waals surface area contributed by atoms with Crippen LogP contribution in [0, 0.1) is 0 Å². The number of rotatable bonds is 5. The van der Waals surface area contributed by atoms with E-state index in [9.17, 15) is 9.59 Å². The van der Waals surface area contributed by atoms with Gasteiger partial charge in [-0.15, -0.1) is 0 Å². The topological polar surface area (TPSA) is 72.2 Å². The fourth-order valence-electron chi connectivity index (χ4n) is 4.21. The maximum Gasteiger partial charge on any atom is 0.290 e. The molecule has 0 bridgehead atoms. The van der Waals surface area contributed by atoms with Crippen LogP contribution in [0.4, 0.5) is 0 Å². The van der Waals surface area contributed by atoms with Gasteiger partial charge in [-0.3, -0.25) is 9.59 Å². The monoisotopic (exact) mass is 440 g/mol. The van der Waals surface area contributed by atoms with E-state index in [-0.39, 0.29) is 23.9 Å². The van der Waals surface area contributed by atoms with Crippen molar-refractivity contribution in [1.29, 1.82) is 0 Å². The number of amides is 1. The van der Waals surface area contributed by atoms with Crippen molar-refractivity contribution in [2.45, 2.75) is 12.5 Å². The van der Waals surface area contributed by atoms with Crippen LogP contribution in [0.1, 0.15) is 34.1 Å². The Kier molecular flexibility index (Phi) is 4.87. The predicted octanol–water partition coefficient (Wildman–Crippen LogP) is 3.67. The van der Waals surface area contributed by atoms with Crippen molar-refractivity contribution in [3.63, 3.8) is 0 Å². The molecule has 0 fully saturated rings. The van der Waals surface area contributed by atoms with Crippen LogP contribution < -0.4 is 14.9 Å². The molecule has 1 atom stereocenters. The molecule has 1 unspecified atom stereocenters. The lowest BCUT2D eigenvalue weighted by Gasteiger charge is -2.26. The van der Waals surface area contributed by atoms with Crippen LogP contribution >= 0.6 is 11.6 Å². The number of hydrogen-bond donors (Lipinski definition) is 0. The van der Waals surface area contributed by atoms with Gasteiger partial charge >= 0.3 is 0 Å². The molecule has 0 saturated carbocycles. The second-order valence-corrected chi connectivity index (χ2v) is 8.42. The molecule has 160 valence electrons. The van der Waals surface area contributed by atoms with Crippen molar-refractivity contribution in [3.8, 4) is 11.5 Å². The Labute approximate surface area is 183 Å². The van der Waals surface area contributed by atoms with Gasteiger partial charge in [-0.2, -0.15) is 0 Å². The van der Waals surface area contributed by atoms with Gasteiger partial charge in [0.25, 0.3) is 5.91 Å². The van der Waals surface area contributed by atoms with E-state index in [1.807, 2.05) is 26.2 Å². The van der Waals surface area contributed by atoms with Gasteiger partial charge in [0, 0.05) is 11.6 Å². The van der Waals surface area contributed by atoms with E-state index in [1.54, 1.807) is 29.2 Å². The van der Waals surface area contributed by atoms with Crippen LogP contribution in [0.5, 0.6) is 11.5 Å². The number of fused-ring (bicyclic) bond motifs is 3. The third-order valence-corrected chi connectivity index (χ3v) is 5.88. The molecular weight excluding hydrogens is 420 g/mol. The third kappa shape index (κ3) is 3.34. The van der Waals surface area contributed by atoms with Crippen LogP contribution in [0.3, 0.4) is 0 Å². The fourth-order valence-corrected chi connectivity index (χ4v) is 4.38. The Balaban J connectivity index is 1.67. The van der Waals surface area contributed by atoms with Crippen LogP contribution in [0.15, 0.2) is 45.6 Å². The van der Waals surface area contributed by atoms with Gasteiger partial charge in [-0.1, -0.05) is 17.7 Å². The zero-order valence-electron chi connectivity index (χ0n) is 17.2. The second kappa shape index (κ2) is 7.59. The molecule has 2 aromatic carbocycles. The molecule has 0 radical (unpaired) electrons. The summed E-state index contributed by atoms with van der Waals surface area (Å²) in [6.45, 7) is 1.45. The highest BCUT2D eigenvalue weighted by atomic mass is 35.5. The largest absolute Gasteiger partial charge is 0.454 e. The molecule has 31 heavy (non-hydrogen) atoms. The van der Waals surface area contributed by atoms with Crippen LogP contribution in [-0.2, 0) is 0 Å². The lowest BCUT2D eigenvalue weighted by Crippen LogP contribution is -2.32. The number of halogens is 1. The Hall–Kier alpha value is -3.03. The first-order valence-corrected chi connectivity index (χ1v) is 10.4. The highest BCUT2D eigenvalue weighted by Gasteiger charge is 2.42. The molecule has 0 spiro atoms. The highest BCUT2D eigenvalue weighted by molar-refractivity contribution is 6.31. The molecule has 2 aliphatic rings. The number of benzene rings is 2. The van der Waals surface area contributed by atoms with Crippen molar-refractivity contribution in [2.75, 3.05) is 34.0 Å². The zero-order chi connectivity index (χ0) is 21.7. The van der Waals surface area contributed by atoms with Crippen molar-refractivity contribution < 1.29 is 18.7 Å². The molecule has 1 amide bonds. The Bertz CT molecular complexity index is 1250. The summed E-state index contributed by atoms with van der Waals surface area (Å²) in [4.78, 5) is 30.6. The standard InChI is InChI=1S/C23H21ClN2O5/c1-25(2)8-3-9-26-20(13-4-6-17-18(10-13)30-12-29-17)19-21(27)15-11-14(24)5-7-16(15)31-22(19)23(26)28/h4-7,10-11,20H,3,8-9,12H2,1-2H3. The van der Waals surface area contributed by atoms with Crippen molar-refractivity contribution in [2.24, 2.45) is 0 Å². The Morgan fingerprint density at radius 3 is 2.71 bits per heavy atom. The molecule has 3 heterocycles. The highest BCUT2D eigenvalue weighted by Crippen LogP contribution is 2.42. The molecule has 7 nitrogen and oxygen atoms in total. The van der Waals surface area contributed by atoms with E-state index in [2.05, 4.69) is 4.90 Å². The molecule has 0 N–H and O–H groups in total. The minimum Gasteiger partial charge on any atom is -0.454 e. The van der Waals surface area contributed by atoms with Gasteiger partial charge in [-0.05, 0) is 63.0 Å². The van der Waals surface area contributed by atoms with Crippen LogP contribution in [-0.4, -0.2) is 49.7 Å². The summed E-state index contributed by atoms with van der Waals surface area (Å²) in [6.07, 6.45) is 0.757. The summed E-state index contributed by atoms with van der Waals surface area (Å²) < 4.78 is 16.9. The SMILES string of the molecule is CN(C)CCCN1C(=O)c2oc3ccc(Cl)cc3c(=O)c2C1c1ccc2c(c1)OCO2. The van der Waals surface area contributed by atoms with Crippen LogP contribution in [0.25, 0.3) is 11.0 Å². The van der Waals surface area contributed by atoms with Gasteiger partial charge < -0.3 is 23.7 Å². The molecule has 0 saturated heterocycles. The summed E-state index contributed by atoms with van der Waals surface area (Å²) in [5.74, 6) is 1.04. The number of nitrogens with zero attached hydrogens (tertiary/aromatic N) is 2. The zero-order valence-corrected chi connectivity index (χ0v) is 17.9. The molecule has 1 aromatic heterocycles. The van der Waals surface area contributed by atoms with Crippen LogP contribution in [0.2, 0.25) is 5.02 Å². The van der Waals surface area contributed by atoms with Crippen molar-refractivity contribution in [1.82, 2.24) is 9.80 Å². The lowest BCUT2D eigenvalue weighted by molar-refractivity contribution is 0.0722. The molecule has 3 aromatic rings. The van der Waals surface area contributed by atoms with Gasteiger partial charge in [0.1, 0.15) is 5.58 Å². The summed E-state index contributed by atoms with van der Waals surface area (Å²) in [6, 6.07) is 9.77. The number of carbonyl (C=O) groups is 1. The van der Waals surface area contributed by atoms with E-state index in [0.717, 1.165) is 18.5 Å². The van der Waals surface area contributed by atoms with Crippen molar-refractivity contribution in [3.05, 3.63) is 68.5 Å². The van der Waals surface area contributed by atoms with E-state index in [4.69, 9.17) is 25.5 Å². The molecule has 8 heteroatoms. The molecule has 0 aliphatic carbocycles. The summed E-state index contributed by atoms with van der Waals surface area (Å²) >= 11 is 6.12. The van der Waals surface area contributed by atoms with E-state index in [1.165, 1.54) is 0 Å². The summed E-state index contributed by atoms with van der Waals surface area (Å²) in [7, 11) is 3.97. The first-order chi connectivity index (χ1) is 14.9.